The Balaban J connectivity index is 2.65. The zero-order valence-electron chi connectivity index (χ0n) is 11.5. The van der Waals surface area contributed by atoms with Gasteiger partial charge in [0.1, 0.15) is 6.04 Å². The number of nitrogens with zero attached hydrogens (tertiary/aromatic N) is 2. The highest BCUT2D eigenvalue weighted by Gasteiger charge is 2.36. The Bertz CT molecular complexity index is 322. The molecule has 0 aliphatic carbocycles. The van der Waals surface area contributed by atoms with Crippen LogP contribution in [0.1, 0.15) is 13.8 Å². The normalized spacial score (nSPS) is 25.3. The summed E-state index contributed by atoms with van der Waals surface area (Å²) in [5, 5.41) is 2.64. The summed E-state index contributed by atoms with van der Waals surface area (Å²) in [5.74, 6) is 0.549. The fourth-order valence-electron chi connectivity index (χ4n) is 2.45. The predicted octanol–water partition coefficient (Wildman–Crippen LogP) is -0.171. The first kappa shape index (κ1) is 15.3. The SMILES string of the molecule is CC(=O)NC(CS)C(=O)N1CC(C)C(N(C)C)C1. The van der Waals surface area contributed by atoms with Crippen LogP contribution in [0.4, 0.5) is 0 Å². The number of likely N-dealkylation sites (N-methyl/N-ethyl adjacent to an activating group) is 1. The number of hydrogen-bond acceptors (Lipinski definition) is 4. The van der Waals surface area contributed by atoms with Gasteiger partial charge in [0.25, 0.3) is 0 Å². The molecule has 5 nitrogen and oxygen atoms in total. The summed E-state index contributed by atoms with van der Waals surface area (Å²) in [5.41, 5.74) is 0. The lowest BCUT2D eigenvalue weighted by atomic mass is 10.1. The van der Waals surface area contributed by atoms with Gasteiger partial charge in [0.05, 0.1) is 0 Å². The molecule has 0 spiro atoms. The van der Waals surface area contributed by atoms with Gasteiger partial charge in [0.2, 0.25) is 11.8 Å². The fourth-order valence-corrected chi connectivity index (χ4v) is 2.70. The Morgan fingerprint density at radius 3 is 2.44 bits per heavy atom. The summed E-state index contributed by atoms with van der Waals surface area (Å²) >= 11 is 4.14. The average molecular weight is 273 g/mol. The smallest absolute Gasteiger partial charge is 0.246 e. The van der Waals surface area contributed by atoms with Gasteiger partial charge in [0, 0.05) is 31.8 Å². The molecule has 1 heterocycles. The minimum atomic E-state index is -0.515. The average Bonchev–Trinajstić information content (AvgIpc) is 2.67. The molecule has 0 radical (unpaired) electrons. The van der Waals surface area contributed by atoms with Crippen molar-refractivity contribution in [3.05, 3.63) is 0 Å². The van der Waals surface area contributed by atoms with Crippen LogP contribution in [0.25, 0.3) is 0 Å². The van der Waals surface area contributed by atoms with E-state index in [1.165, 1.54) is 6.92 Å². The molecule has 3 atom stereocenters. The summed E-state index contributed by atoms with van der Waals surface area (Å²) < 4.78 is 0. The van der Waals surface area contributed by atoms with Gasteiger partial charge < -0.3 is 15.1 Å². The molecule has 0 saturated carbocycles. The van der Waals surface area contributed by atoms with Crippen molar-refractivity contribution in [3.8, 4) is 0 Å². The van der Waals surface area contributed by atoms with Gasteiger partial charge in [-0.2, -0.15) is 12.6 Å². The maximum absolute atomic E-state index is 12.3. The predicted molar refractivity (Wildman–Crippen MR) is 74.7 cm³/mol. The number of likely N-dealkylation sites (tertiary alicyclic amines) is 1. The molecule has 0 bridgehead atoms. The Labute approximate surface area is 114 Å². The van der Waals surface area contributed by atoms with E-state index in [1.807, 2.05) is 19.0 Å². The van der Waals surface area contributed by atoms with E-state index in [2.05, 4.69) is 29.8 Å². The van der Waals surface area contributed by atoms with Crippen LogP contribution in [0.2, 0.25) is 0 Å². The third kappa shape index (κ3) is 3.62. The van der Waals surface area contributed by atoms with Crippen molar-refractivity contribution in [1.82, 2.24) is 15.1 Å². The van der Waals surface area contributed by atoms with E-state index in [9.17, 15) is 9.59 Å². The fraction of sp³-hybridized carbons (Fsp3) is 0.833. The molecule has 1 N–H and O–H groups in total. The van der Waals surface area contributed by atoms with Crippen LogP contribution < -0.4 is 5.32 Å². The quantitative estimate of drug-likeness (QED) is 0.699. The van der Waals surface area contributed by atoms with Gasteiger partial charge in [-0.05, 0) is 20.0 Å². The van der Waals surface area contributed by atoms with Crippen molar-refractivity contribution in [2.45, 2.75) is 25.9 Å². The Morgan fingerprint density at radius 1 is 1.44 bits per heavy atom. The second kappa shape index (κ2) is 6.43. The first-order valence-electron chi connectivity index (χ1n) is 6.20. The number of nitrogens with one attached hydrogen (secondary N) is 1. The molecule has 0 aromatic rings. The van der Waals surface area contributed by atoms with Crippen molar-refractivity contribution in [2.75, 3.05) is 32.9 Å². The van der Waals surface area contributed by atoms with Crippen molar-refractivity contribution < 1.29 is 9.59 Å². The van der Waals surface area contributed by atoms with Crippen LogP contribution in [0, 0.1) is 5.92 Å². The molecule has 104 valence electrons. The molecule has 1 aliphatic heterocycles. The van der Waals surface area contributed by atoms with Crippen LogP contribution in [-0.4, -0.2) is 66.6 Å². The second-order valence-corrected chi connectivity index (χ2v) is 5.55. The van der Waals surface area contributed by atoms with Crippen molar-refractivity contribution in [2.24, 2.45) is 5.92 Å². The molecule has 6 heteroatoms. The lowest BCUT2D eigenvalue weighted by molar-refractivity contribution is -0.134. The number of carbonyl (C=O) groups is 2. The summed E-state index contributed by atoms with van der Waals surface area (Å²) in [7, 11) is 4.05. The zero-order chi connectivity index (χ0) is 13.9. The van der Waals surface area contributed by atoms with E-state index in [0.717, 1.165) is 13.1 Å². The molecule has 3 unspecified atom stereocenters. The Kier molecular flexibility index (Phi) is 5.47. The minimum Gasteiger partial charge on any atom is -0.344 e. The molecule has 2 amide bonds. The topological polar surface area (TPSA) is 52.7 Å². The summed E-state index contributed by atoms with van der Waals surface area (Å²) in [6, 6.07) is -0.134. The van der Waals surface area contributed by atoms with Gasteiger partial charge >= 0.3 is 0 Å². The van der Waals surface area contributed by atoms with E-state index < -0.39 is 6.04 Å². The van der Waals surface area contributed by atoms with Gasteiger partial charge in [-0.15, -0.1) is 0 Å². The molecule has 1 aliphatic rings. The summed E-state index contributed by atoms with van der Waals surface area (Å²) in [6.07, 6.45) is 0. The molecular formula is C12H23N3O2S. The lowest BCUT2D eigenvalue weighted by Gasteiger charge is -2.24. The van der Waals surface area contributed by atoms with Crippen molar-refractivity contribution in [3.63, 3.8) is 0 Å². The largest absolute Gasteiger partial charge is 0.344 e. The molecule has 1 saturated heterocycles. The highest BCUT2D eigenvalue weighted by molar-refractivity contribution is 7.80. The lowest BCUT2D eigenvalue weighted by Crippen LogP contribution is -2.49. The maximum atomic E-state index is 12.3. The summed E-state index contributed by atoms with van der Waals surface area (Å²) in [4.78, 5) is 27.3. The third-order valence-corrected chi connectivity index (χ3v) is 3.77. The van der Waals surface area contributed by atoms with Crippen LogP contribution in [0.3, 0.4) is 0 Å². The van der Waals surface area contributed by atoms with E-state index in [1.54, 1.807) is 0 Å². The molecule has 18 heavy (non-hydrogen) atoms. The Morgan fingerprint density at radius 2 is 2.06 bits per heavy atom. The van der Waals surface area contributed by atoms with Crippen molar-refractivity contribution >= 4 is 24.4 Å². The number of rotatable bonds is 4. The van der Waals surface area contributed by atoms with Crippen LogP contribution in [0.5, 0.6) is 0 Å². The highest BCUT2D eigenvalue weighted by atomic mass is 32.1. The summed E-state index contributed by atoms with van der Waals surface area (Å²) in [6.45, 7) is 5.02. The van der Waals surface area contributed by atoms with Gasteiger partial charge in [-0.3, -0.25) is 9.59 Å². The third-order valence-electron chi connectivity index (χ3n) is 3.41. The highest BCUT2D eigenvalue weighted by Crippen LogP contribution is 2.20. The van der Waals surface area contributed by atoms with Gasteiger partial charge in [-0.25, -0.2) is 0 Å². The molecular weight excluding hydrogens is 250 g/mol. The number of amides is 2. The van der Waals surface area contributed by atoms with E-state index >= 15 is 0 Å². The van der Waals surface area contributed by atoms with E-state index in [0.29, 0.717) is 17.7 Å². The molecule has 0 aromatic heterocycles. The minimum absolute atomic E-state index is 0.0311. The van der Waals surface area contributed by atoms with Crippen molar-refractivity contribution in [1.29, 1.82) is 0 Å². The molecule has 0 aromatic carbocycles. The maximum Gasteiger partial charge on any atom is 0.246 e. The Hall–Kier alpha value is -0.750. The monoisotopic (exact) mass is 273 g/mol. The van der Waals surface area contributed by atoms with E-state index in [4.69, 9.17) is 0 Å². The first-order valence-corrected chi connectivity index (χ1v) is 6.83. The molecule has 1 rings (SSSR count). The van der Waals surface area contributed by atoms with Crippen LogP contribution in [0.15, 0.2) is 0 Å². The molecule has 1 fully saturated rings. The number of hydrogen-bond donors (Lipinski definition) is 2. The zero-order valence-corrected chi connectivity index (χ0v) is 12.4. The standard InChI is InChI=1S/C12H23N3O2S/c1-8-5-15(6-11(8)14(3)4)12(17)10(7-18)13-9(2)16/h8,10-11,18H,5-7H2,1-4H3,(H,13,16). The van der Waals surface area contributed by atoms with E-state index in [-0.39, 0.29) is 11.8 Å². The van der Waals surface area contributed by atoms with Crippen LogP contribution in [-0.2, 0) is 9.59 Å². The van der Waals surface area contributed by atoms with Gasteiger partial charge in [0.15, 0.2) is 0 Å². The van der Waals surface area contributed by atoms with Gasteiger partial charge in [-0.1, -0.05) is 6.92 Å². The van der Waals surface area contributed by atoms with Crippen LogP contribution >= 0.6 is 12.6 Å². The number of carbonyl (C=O) groups excluding carboxylic acids is 2. The second-order valence-electron chi connectivity index (χ2n) is 5.19. The number of thiol groups is 1. The first-order chi connectivity index (χ1) is 8.36.